The predicted molar refractivity (Wildman–Crippen MR) is 159 cm³/mol. The van der Waals surface area contributed by atoms with Crippen molar-refractivity contribution in [2.45, 2.75) is 26.7 Å². The fourth-order valence-corrected chi connectivity index (χ4v) is 5.28. The highest BCUT2D eigenvalue weighted by atomic mass is 35.5. The van der Waals surface area contributed by atoms with E-state index in [2.05, 4.69) is 4.98 Å². The Bertz CT molecular complexity index is 1500. The summed E-state index contributed by atoms with van der Waals surface area (Å²) in [4.78, 5) is 31.8. The van der Waals surface area contributed by atoms with E-state index in [1.54, 1.807) is 36.1 Å². The van der Waals surface area contributed by atoms with Gasteiger partial charge in [-0.2, -0.15) is 0 Å². The third kappa shape index (κ3) is 7.31. The van der Waals surface area contributed by atoms with Crippen LogP contribution in [0.15, 0.2) is 83.3 Å². The lowest BCUT2D eigenvalue weighted by molar-refractivity contribution is -0.148. The standard InChI is InChI=1S/C33H33ClN2O6/c1-3-39-32(37)29-21-36(33(38)42-28-10-5-4-6-11-28)20-25(29)18-23-12-14-27(15-13-23)40-17-16-30-22(2)41-31(35-30)24-8-7-9-26(34)19-24/h4-15,19,25,29H,3,16-18,20-21H2,1-2H3/t25-,29+/m1/s1. The minimum Gasteiger partial charge on any atom is -0.493 e. The highest BCUT2D eigenvalue weighted by Crippen LogP contribution is 2.30. The Balaban J connectivity index is 1.16. The smallest absolute Gasteiger partial charge is 0.415 e. The summed E-state index contributed by atoms with van der Waals surface area (Å²) in [6, 6.07) is 24.1. The number of likely N-dealkylation sites (tertiary alicyclic amines) is 1. The van der Waals surface area contributed by atoms with Crippen LogP contribution < -0.4 is 9.47 Å². The van der Waals surface area contributed by atoms with Crippen molar-refractivity contribution in [3.8, 4) is 23.0 Å². The van der Waals surface area contributed by atoms with Crippen LogP contribution in [0.1, 0.15) is 23.9 Å². The van der Waals surface area contributed by atoms with Gasteiger partial charge >= 0.3 is 12.1 Å². The number of nitrogens with zero attached hydrogens (tertiary/aromatic N) is 2. The Morgan fingerprint density at radius 2 is 1.79 bits per heavy atom. The number of carbonyl (C=O) groups is 2. The highest BCUT2D eigenvalue weighted by Gasteiger charge is 2.41. The Morgan fingerprint density at radius 3 is 2.52 bits per heavy atom. The van der Waals surface area contributed by atoms with Crippen LogP contribution in [0.5, 0.6) is 11.5 Å². The highest BCUT2D eigenvalue weighted by molar-refractivity contribution is 6.30. The van der Waals surface area contributed by atoms with Gasteiger partial charge in [-0.15, -0.1) is 0 Å². The quantitative estimate of drug-likeness (QED) is 0.189. The van der Waals surface area contributed by atoms with Gasteiger partial charge in [0.15, 0.2) is 0 Å². The van der Waals surface area contributed by atoms with E-state index in [1.165, 1.54) is 0 Å². The predicted octanol–water partition coefficient (Wildman–Crippen LogP) is 6.78. The number of aromatic nitrogens is 1. The van der Waals surface area contributed by atoms with Crippen LogP contribution in [0, 0.1) is 18.8 Å². The second-order valence-corrected chi connectivity index (χ2v) is 10.6. The molecule has 0 radical (unpaired) electrons. The topological polar surface area (TPSA) is 91.1 Å². The first kappa shape index (κ1) is 29.2. The lowest BCUT2D eigenvalue weighted by Crippen LogP contribution is -2.32. The number of ether oxygens (including phenoxy) is 3. The molecular weight excluding hydrogens is 556 g/mol. The van der Waals surface area contributed by atoms with Crippen LogP contribution in [0.3, 0.4) is 0 Å². The van der Waals surface area contributed by atoms with E-state index < -0.39 is 12.0 Å². The maximum atomic E-state index is 12.8. The average Bonchev–Trinajstić information content (AvgIpc) is 3.58. The first-order valence-electron chi connectivity index (χ1n) is 14.0. The molecule has 0 unspecified atom stereocenters. The molecule has 0 spiro atoms. The van der Waals surface area contributed by atoms with E-state index in [4.69, 9.17) is 30.2 Å². The van der Waals surface area contributed by atoms with Gasteiger partial charge in [-0.1, -0.05) is 48.0 Å². The summed E-state index contributed by atoms with van der Waals surface area (Å²) in [6.07, 6.45) is 0.739. The number of amides is 1. The number of hydrogen-bond donors (Lipinski definition) is 0. The molecule has 8 nitrogen and oxygen atoms in total. The van der Waals surface area contributed by atoms with Gasteiger partial charge in [0.1, 0.15) is 17.3 Å². The zero-order valence-corrected chi connectivity index (χ0v) is 24.4. The van der Waals surface area contributed by atoms with Crippen LogP contribution >= 0.6 is 11.6 Å². The molecule has 0 N–H and O–H groups in total. The maximum Gasteiger partial charge on any atom is 0.415 e. The molecule has 1 aromatic heterocycles. The maximum absolute atomic E-state index is 12.8. The van der Waals surface area contributed by atoms with E-state index in [0.717, 1.165) is 28.3 Å². The summed E-state index contributed by atoms with van der Waals surface area (Å²) in [7, 11) is 0. The van der Waals surface area contributed by atoms with Crippen LogP contribution in [-0.2, 0) is 22.4 Å². The van der Waals surface area contributed by atoms with E-state index in [9.17, 15) is 9.59 Å². The van der Waals surface area contributed by atoms with Gasteiger partial charge in [-0.3, -0.25) is 4.79 Å². The molecule has 0 bridgehead atoms. The molecule has 2 heterocycles. The number of halogens is 1. The fraction of sp³-hybridized carbons (Fsp3) is 0.303. The Morgan fingerprint density at radius 1 is 1.00 bits per heavy atom. The zero-order valence-electron chi connectivity index (χ0n) is 23.6. The van der Waals surface area contributed by atoms with Gasteiger partial charge in [0.2, 0.25) is 5.89 Å². The Kier molecular flexibility index (Phi) is 9.44. The number of carbonyl (C=O) groups excluding carboxylic acids is 2. The van der Waals surface area contributed by atoms with Gasteiger partial charge in [0, 0.05) is 30.1 Å². The van der Waals surface area contributed by atoms with Crippen molar-refractivity contribution in [3.63, 3.8) is 0 Å². The second kappa shape index (κ2) is 13.6. The number of para-hydroxylation sites is 1. The summed E-state index contributed by atoms with van der Waals surface area (Å²) in [6.45, 7) is 5.06. The minimum atomic E-state index is -0.469. The number of benzene rings is 3. The fourth-order valence-electron chi connectivity index (χ4n) is 5.09. The SMILES string of the molecule is CCOC(=O)[C@H]1CN(C(=O)Oc2ccccc2)C[C@H]1Cc1ccc(OCCc2nc(-c3cccc(Cl)c3)oc2C)cc1. The van der Waals surface area contributed by atoms with E-state index in [0.29, 0.717) is 49.3 Å². The number of esters is 1. The lowest BCUT2D eigenvalue weighted by atomic mass is 9.90. The molecular formula is C33H33ClN2O6. The van der Waals surface area contributed by atoms with Crippen LogP contribution in [0.25, 0.3) is 11.5 Å². The lowest BCUT2D eigenvalue weighted by Gasteiger charge is -2.17. The summed E-state index contributed by atoms with van der Waals surface area (Å²) in [5, 5.41) is 0.629. The van der Waals surface area contributed by atoms with Gasteiger partial charge in [-0.25, -0.2) is 9.78 Å². The number of oxazole rings is 1. The molecule has 1 saturated heterocycles. The molecule has 0 aliphatic carbocycles. The van der Waals surface area contributed by atoms with E-state index >= 15 is 0 Å². The minimum absolute atomic E-state index is 0.0945. The van der Waals surface area contributed by atoms with Crippen molar-refractivity contribution in [1.82, 2.24) is 9.88 Å². The summed E-state index contributed by atoms with van der Waals surface area (Å²) >= 11 is 6.10. The first-order chi connectivity index (χ1) is 20.4. The van der Waals surface area contributed by atoms with E-state index in [1.807, 2.05) is 61.5 Å². The van der Waals surface area contributed by atoms with Crippen LogP contribution in [-0.4, -0.2) is 48.2 Å². The summed E-state index contributed by atoms with van der Waals surface area (Å²) in [5.74, 6) is 1.67. The first-order valence-corrected chi connectivity index (χ1v) is 14.4. The molecule has 218 valence electrons. The third-order valence-electron chi connectivity index (χ3n) is 7.23. The van der Waals surface area contributed by atoms with Crippen LogP contribution in [0.2, 0.25) is 5.02 Å². The largest absolute Gasteiger partial charge is 0.493 e. The van der Waals surface area contributed by atoms with Crippen molar-refractivity contribution < 1.29 is 28.2 Å². The van der Waals surface area contributed by atoms with Crippen molar-refractivity contribution in [3.05, 3.63) is 101 Å². The molecule has 42 heavy (non-hydrogen) atoms. The van der Waals surface area contributed by atoms with Crippen LogP contribution in [0.4, 0.5) is 4.79 Å². The van der Waals surface area contributed by atoms with Gasteiger partial charge in [0.25, 0.3) is 0 Å². The molecule has 4 aromatic rings. The summed E-state index contributed by atoms with van der Waals surface area (Å²) < 4.78 is 22.6. The average molecular weight is 589 g/mol. The molecule has 9 heteroatoms. The third-order valence-corrected chi connectivity index (χ3v) is 7.47. The Labute approximate surface area is 250 Å². The zero-order chi connectivity index (χ0) is 29.5. The van der Waals surface area contributed by atoms with E-state index in [-0.39, 0.29) is 18.4 Å². The number of aryl methyl sites for hydroxylation is 1. The normalized spacial score (nSPS) is 16.3. The second-order valence-electron chi connectivity index (χ2n) is 10.2. The summed E-state index contributed by atoms with van der Waals surface area (Å²) in [5.41, 5.74) is 2.71. The molecule has 3 aromatic carbocycles. The molecule has 1 fully saturated rings. The Hall–Kier alpha value is -4.30. The molecule has 5 rings (SSSR count). The number of rotatable bonds is 10. The van der Waals surface area contributed by atoms with Gasteiger partial charge < -0.3 is 23.5 Å². The van der Waals surface area contributed by atoms with Gasteiger partial charge in [-0.05, 0) is 74.2 Å². The molecule has 0 saturated carbocycles. The van der Waals surface area contributed by atoms with Crippen molar-refractivity contribution >= 4 is 23.7 Å². The molecule has 1 amide bonds. The van der Waals surface area contributed by atoms with Gasteiger partial charge in [0.05, 0.1) is 24.8 Å². The molecule has 1 aliphatic heterocycles. The van der Waals surface area contributed by atoms with Crippen molar-refractivity contribution in [2.24, 2.45) is 11.8 Å². The molecule has 1 aliphatic rings. The molecule has 2 atom stereocenters. The van der Waals surface area contributed by atoms with Crippen molar-refractivity contribution in [1.29, 1.82) is 0 Å². The van der Waals surface area contributed by atoms with Crippen molar-refractivity contribution in [2.75, 3.05) is 26.3 Å². The monoisotopic (exact) mass is 588 g/mol. The number of hydrogen-bond acceptors (Lipinski definition) is 7.